The number of nitrogens with one attached hydrogen (secondary N) is 1. The van der Waals surface area contributed by atoms with E-state index < -0.39 is 26.9 Å². The molecule has 0 aliphatic rings. The van der Waals surface area contributed by atoms with Crippen molar-refractivity contribution in [3.63, 3.8) is 0 Å². The van der Waals surface area contributed by atoms with Gasteiger partial charge in [-0.05, 0) is 24.1 Å². The minimum atomic E-state index is -4.79. The maximum Gasteiger partial charge on any atom is 0.403 e. The van der Waals surface area contributed by atoms with E-state index in [2.05, 4.69) is 9.97 Å². The van der Waals surface area contributed by atoms with Gasteiger partial charge in [0.25, 0.3) is 0 Å². The SMILES string of the molecule is CCc1ccc2nc(S(=O)(=O)CC(F)(F)F)[nH]c2c1. The number of imidazole rings is 1. The van der Waals surface area contributed by atoms with E-state index in [9.17, 15) is 21.6 Å². The highest BCUT2D eigenvalue weighted by Crippen LogP contribution is 2.23. The van der Waals surface area contributed by atoms with Crippen LogP contribution in [0.25, 0.3) is 11.0 Å². The van der Waals surface area contributed by atoms with Crippen LogP contribution in [0.5, 0.6) is 0 Å². The van der Waals surface area contributed by atoms with Crippen molar-refractivity contribution in [3.05, 3.63) is 23.8 Å². The van der Waals surface area contributed by atoms with Crippen LogP contribution in [-0.2, 0) is 16.3 Å². The third-order valence-electron chi connectivity index (χ3n) is 2.58. The van der Waals surface area contributed by atoms with Crippen LogP contribution in [-0.4, -0.2) is 30.3 Å². The predicted molar refractivity (Wildman–Crippen MR) is 63.6 cm³/mol. The Labute approximate surface area is 107 Å². The molecule has 0 fully saturated rings. The molecule has 4 nitrogen and oxygen atoms in total. The normalized spacial score (nSPS) is 13.1. The van der Waals surface area contributed by atoms with Gasteiger partial charge in [-0.3, -0.25) is 0 Å². The Bertz CT molecular complexity index is 704. The largest absolute Gasteiger partial charge is 0.403 e. The monoisotopic (exact) mass is 292 g/mol. The fraction of sp³-hybridized carbons (Fsp3) is 0.364. The number of aromatic amines is 1. The summed E-state index contributed by atoms with van der Waals surface area (Å²) in [5, 5.41) is -0.645. The lowest BCUT2D eigenvalue weighted by molar-refractivity contribution is -0.106. The van der Waals surface area contributed by atoms with Gasteiger partial charge in [-0.15, -0.1) is 0 Å². The molecule has 1 N–H and O–H groups in total. The van der Waals surface area contributed by atoms with Crippen molar-refractivity contribution in [2.45, 2.75) is 24.7 Å². The second-order valence-electron chi connectivity index (χ2n) is 4.12. The Morgan fingerprint density at radius 2 is 2.00 bits per heavy atom. The third-order valence-corrected chi connectivity index (χ3v) is 4.07. The molecule has 0 spiro atoms. The zero-order valence-electron chi connectivity index (χ0n) is 9.95. The number of rotatable bonds is 3. The molecule has 2 aromatic rings. The molecule has 0 amide bonds. The van der Waals surface area contributed by atoms with Gasteiger partial charge in [-0.2, -0.15) is 13.2 Å². The summed E-state index contributed by atoms with van der Waals surface area (Å²) in [5.74, 6) is -1.92. The highest BCUT2D eigenvalue weighted by Gasteiger charge is 2.37. The summed E-state index contributed by atoms with van der Waals surface area (Å²) >= 11 is 0. The first-order valence-corrected chi connectivity index (χ1v) is 7.14. The maximum absolute atomic E-state index is 12.2. The Morgan fingerprint density at radius 1 is 1.32 bits per heavy atom. The van der Waals surface area contributed by atoms with Crippen LogP contribution in [0.15, 0.2) is 23.4 Å². The van der Waals surface area contributed by atoms with Gasteiger partial charge in [0.05, 0.1) is 11.0 Å². The molecule has 104 valence electrons. The lowest BCUT2D eigenvalue weighted by atomic mass is 10.1. The van der Waals surface area contributed by atoms with Crippen molar-refractivity contribution in [1.29, 1.82) is 0 Å². The number of benzene rings is 1. The standard InChI is InChI=1S/C11H11F3N2O2S/c1-2-7-3-4-8-9(5-7)16-10(15-8)19(17,18)6-11(12,13)14/h3-5H,2,6H2,1H3,(H,15,16). The van der Waals surface area contributed by atoms with E-state index in [-0.39, 0.29) is 0 Å². The molecule has 0 radical (unpaired) electrons. The number of hydrogen-bond donors (Lipinski definition) is 1. The van der Waals surface area contributed by atoms with Gasteiger partial charge >= 0.3 is 6.18 Å². The van der Waals surface area contributed by atoms with Crippen LogP contribution >= 0.6 is 0 Å². The molecule has 0 saturated carbocycles. The first-order valence-electron chi connectivity index (χ1n) is 5.49. The van der Waals surface area contributed by atoms with Crippen LogP contribution in [0.4, 0.5) is 13.2 Å². The Morgan fingerprint density at radius 3 is 2.58 bits per heavy atom. The van der Waals surface area contributed by atoms with Crippen LogP contribution in [0.3, 0.4) is 0 Å². The topological polar surface area (TPSA) is 62.8 Å². The average molecular weight is 292 g/mol. The number of sulfone groups is 1. The van der Waals surface area contributed by atoms with Gasteiger partial charge in [0.2, 0.25) is 15.0 Å². The van der Waals surface area contributed by atoms with E-state index >= 15 is 0 Å². The van der Waals surface area contributed by atoms with Crippen molar-refractivity contribution in [2.75, 3.05) is 5.75 Å². The quantitative estimate of drug-likeness (QED) is 0.945. The summed E-state index contributed by atoms with van der Waals surface area (Å²) in [6, 6.07) is 5.01. The summed E-state index contributed by atoms with van der Waals surface area (Å²) < 4.78 is 59.7. The third kappa shape index (κ3) is 3.06. The Hall–Kier alpha value is -1.57. The number of hydrogen-bond acceptors (Lipinski definition) is 3. The second kappa shape index (κ2) is 4.52. The van der Waals surface area contributed by atoms with Crippen molar-refractivity contribution in [2.24, 2.45) is 0 Å². The highest BCUT2D eigenvalue weighted by atomic mass is 32.2. The zero-order chi connectivity index (χ0) is 14.3. The van der Waals surface area contributed by atoms with Crippen molar-refractivity contribution < 1.29 is 21.6 Å². The summed E-state index contributed by atoms with van der Waals surface area (Å²) in [4.78, 5) is 6.13. The molecule has 1 heterocycles. The van der Waals surface area contributed by atoms with Crippen LogP contribution in [0.2, 0.25) is 0 Å². The Kier molecular flexibility index (Phi) is 3.29. The predicted octanol–water partition coefficient (Wildman–Crippen LogP) is 2.46. The van der Waals surface area contributed by atoms with Crippen molar-refractivity contribution in [3.8, 4) is 0 Å². The first kappa shape index (κ1) is 13.9. The highest BCUT2D eigenvalue weighted by molar-refractivity contribution is 7.91. The number of H-pyrrole nitrogens is 1. The van der Waals surface area contributed by atoms with Crippen molar-refractivity contribution >= 4 is 20.9 Å². The lowest BCUT2D eigenvalue weighted by Gasteiger charge is -2.04. The number of halogens is 3. The number of fused-ring (bicyclic) bond motifs is 1. The molecule has 0 saturated heterocycles. The van der Waals surface area contributed by atoms with Gasteiger partial charge in [0.1, 0.15) is 0 Å². The summed E-state index contributed by atoms with van der Waals surface area (Å²) in [5.41, 5.74) is 1.69. The van der Waals surface area contributed by atoms with E-state index in [0.29, 0.717) is 11.0 Å². The van der Waals surface area contributed by atoms with Gasteiger partial charge < -0.3 is 4.98 Å². The zero-order valence-corrected chi connectivity index (χ0v) is 10.8. The molecular formula is C11H11F3N2O2S. The molecule has 0 atom stereocenters. The molecule has 0 unspecified atom stereocenters. The molecule has 0 aliphatic heterocycles. The molecule has 8 heteroatoms. The van der Waals surface area contributed by atoms with E-state index in [0.717, 1.165) is 12.0 Å². The van der Waals surface area contributed by atoms with Gasteiger partial charge in [0.15, 0.2) is 5.75 Å². The number of aryl methyl sites for hydroxylation is 1. The minimum Gasteiger partial charge on any atom is -0.329 e. The van der Waals surface area contributed by atoms with Crippen LogP contribution in [0.1, 0.15) is 12.5 Å². The minimum absolute atomic E-state index is 0.331. The first-order chi connectivity index (χ1) is 8.71. The number of alkyl halides is 3. The molecule has 0 aliphatic carbocycles. The van der Waals surface area contributed by atoms with Gasteiger partial charge in [0, 0.05) is 0 Å². The molecule has 2 rings (SSSR count). The number of aromatic nitrogens is 2. The molecular weight excluding hydrogens is 281 g/mol. The lowest BCUT2D eigenvalue weighted by Crippen LogP contribution is -2.23. The Balaban J connectivity index is 2.46. The van der Waals surface area contributed by atoms with E-state index in [4.69, 9.17) is 0 Å². The van der Waals surface area contributed by atoms with E-state index in [1.807, 2.05) is 6.92 Å². The summed E-state index contributed by atoms with van der Waals surface area (Å²) in [6.07, 6.45) is -4.05. The smallest absolute Gasteiger partial charge is 0.329 e. The van der Waals surface area contributed by atoms with Gasteiger partial charge in [-0.1, -0.05) is 13.0 Å². The second-order valence-corrected chi connectivity index (χ2v) is 6.03. The fourth-order valence-electron chi connectivity index (χ4n) is 1.68. The molecule has 1 aromatic heterocycles. The van der Waals surface area contributed by atoms with Gasteiger partial charge in [-0.25, -0.2) is 13.4 Å². The van der Waals surface area contributed by atoms with Crippen LogP contribution < -0.4 is 0 Å². The molecule has 19 heavy (non-hydrogen) atoms. The summed E-state index contributed by atoms with van der Waals surface area (Å²) in [7, 11) is -4.49. The van der Waals surface area contributed by atoms with E-state index in [1.165, 1.54) is 0 Å². The number of nitrogens with zero attached hydrogens (tertiary/aromatic N) is 1. The average Bonchev–Trinajstić information content (AvgIpc) is 2.68. The van der Waals surface area contributed by atoms with E-state index in [1.54, 1.807) is 18.2 Å². The molecule has 1 aromatic carbocycles. The van der Waals surface area contributed by atoms with Crippen LogP contribution in [0, 0.1) is 0 Å². The maximum atomic E-state index is 12.2. The molecule has 0 bridgehead atoms. The fourth-order valence-corrected chi connectivity index (χ4v) is 2.75. The summed E-state index contributed by atoms with van der Waals surface area (Å²) in [6.45, 7) is 1.92. The van der Waals surface area contributed by atoms with Crippen molar-refractivity contribution in [1.82, 2.24) is 9.97 Å².